The third-order valence-electron chi connectivity index (χ3n) is 3.63. The summed E-state index contributed by atoms with van der Waals surface area (Å²) < 4.78 is 0. The van der Waals surface area contributed by atoms with Crippen LogP contribution in [0.4, 0.5) is 0 Å². The molecule has 0 spiro atoms. The molecule has 3 N–H and O–H groups in total. The third kappa shape index (κ3) is 4.98. The first-order valence-corrected chi connectivity index (χ1v) is 6.63. The topological polar surface area (TPSA) is 38.0 Å². The highest BCUT2D eigenvalue weighted by Crippen LogP contribution is 2.48. The molecule has 90 valence electrons. The van der Waals surface area contributed by atoms with E-state index in [9.17, 15) is 0 Å². The molecule has 0 aliphatic heterocycles. The fourth-order valence-corrected chi connectivity index (χ4v) is 2.37. The molecule has 1 unspecified atom stereocenters. The first-order valence-electron chi connectivity index (χ1n) is 6.63. The summed E-state index contributed by atoms with van der Waals surface area (Å²) in [6, 6.07) is 0. The summed E-state index contributed by atoms with van der Waals surface area (Å²) in [4.78, 5) is 0. The van der Waals surface area contributed by atoms with Crippen molar-refractivity contribution in [2.45, 2.75) is 52.4 Å². The van der Waals surface area contributed by atoms with Crippen molar-refractivity contribution in [2.24, 2.45) is 17.1 Å². The second kappa shape index (κ2) is 6.49. The van der Waals surface area contributed by atoms with Crippen LogP contribution in [0.25, 0.3) is 0 Å². The van der Waals surface area contributed by atoms with Crippen molar-refractivity contribution in [1.29, 1.82) is 0 Å². The van der Waals surface area contributed by atoms with Crippen molar-refractivity contribution in [3.05, 3.63) is 0 Å². The van der Waals surface area contributed by atoms with E-state index in [4.69, 9.17) is 5.73 Å². The number of hydrogen-bond donors (Lipinski definition) is 2. The van der Waals surface area contributed by atoms with Crippen LogP contribution in [0.2, 0.25) is 0 Å². The van der Waals surface area contributed by atoms with Crippen LogP contribution in [0.3, 0.4) is 0 Å². The maximum absolute atomic E-state index is 5.50. The molecule has 0 radical (unpaired) electrons. The van der Waals surface area contributed by atoms with Gasteiger partial charge < -0.3 is 11.1 Å². The SMILES string of the molecule is CCCC1(CNCC(C)CCCN)CC1. The molecule has 0 heterocycles. The molecule has 0 amide bonds. The lowest BCUT2D eigenvalue weighted by molar-refractivity contribution is 0.389. The molecule has 15 heavy (non-hydrogen) atoms. The highest BCUT2D eigenvalue weighted by molar-refractivity contribution is 4.94. The summed E-state index contributed by atoms with van der Waals surface area (Å²) in [7, 11) is 0. The molecular weight excluding hydrogens is 184 g/mol. The molecule has 2 heteroatoms. The van der Waals surface area contributed by atoms with Gasteiger partial charge in [-0.05, 0) is 56.5 Å². The second-order valence-corrected chi connectivity index (χ2v) is 5.42. The van der Waals surface area contributed by atoms with E-state index < -0.39 is 0 Å². The molecule has 1 aliphatic rings. The molecule has 1 aliphatic carbocycles. The van der Waals surface area contributed by atoms with E-state index >= 15 is 0 Å². The monoisotopic (exact) mass is 212 g/mol. The molecule has 1 atom stereocenters. The smallest absolute Gasteiger partial charge is 0.000792 e. The van der Waals surface area contributed by atoms with E-state index in [-0.39, 0.29) is 0 Å². The Kier molecular flexibility index (Phi) is 5.62. The second-order valence-electron chi connectivity index (χ2n) is 5.42. The normalized spacial score (nSPS) is 20.2. The highest BCUT2D eigenvalue weighted by Gasteiger charge is 2.40. The number of rotatable bonds is 9. The van der Waals surface area contributed by atoms with Gasteiger partial charge in [-0.15, -0.1) is 0 Å². The lowest BCUT2D eigenvalue weighted by Gasteiger charge is -2.17. The maximum atomic E-state index is 5.50. The van der Waals surface area contributed by atoms with E-state index in [0.717, 1.165) is 12.5 Å². The molecular formula is C13H28N2. The molecule has 0 aromatic rings. The molecule has 1 rings (SSSR count). The van der Waals surface area contributed by atoms with Crippen molar-refractivity contribution >= 4 is 0 Å². The van der Waals surface area contributed by atoms with Crippen LogP contribution < -0.4 is 11.1 Å². The van der Waals surface area contributed by atoms with Gasteiger partial charge >= 0.3 is 0 Å². The average molecular weight is 212 g/mol. The molecule has 1 saturated carbocycles. The summed E-state index contributed by atoms with van der Waals surface area (Å²) in [6.07, 6.45) is 8.09. The fourth-order valence-electron chi connectivity index (χ4n) is 2.37. The Balaban J connectivity index is 2.00. The summed E-state index contributed by atoms with van der Waals surface area (Å²) in [6.45, 7) is 7.87. The van der Waals surface area contributed by atoms with Crippen LogP contribution >= 0.6 is 0 Å². The van der Waals surface area contributed by atoms with Crippen molar-refractivity contribution in [1.82, 2.24) is 5.32 Å². The van der Waals surface area contributed by atoms with E-state index in [1.54, 1.807) is 0 Å². The largest absolute Gasteiger partial charge is 0.330 e. The third-order valence-corrected chi connectivity index (χ3v) is 3.63. The minimum absolute atomic E-state index is 0.697. The van der Waals surface area contributed by atoms with E-state index in [1.165, 1.54) is 51.6 Å². The Hall–Kier alpha value is -0.0800. The van der Waals surface area contributed by atoms with Gasteiger partial charge in [0.15, 0.2) is 0 Å². The molecule has 0 saturated heterocycles. The Bertz CT molecular complexity index is 164. The van der Waals surface area contributed by atoms with Gasteiger partial charge in [0.05, 0.1) is 0 Å². The zero-order valence-corrected chi connectivity index (χ0v) is 10.5. The van der Waals surface area contributed by atoms with Gasteiger partial charge in [-0.2, -0.15) is 0 Å². The Labute approximate surface area is 95.0 Å². The molecule has 0 aromatic heterocycles. The van der Waals surface area contributed by atoms with E-state index in [0.29, 0.717) is 5.41 Å². The van der Waals surface area contributed by atoms with Gasteiger partial charge in [0, 0.05) is 6.54 Å². The van der Waals surface area contributed by atoms with Crippen LogP contribution in [-0.2, 0) is 0 Å². The number of nitrogens with two attached hydrogens (primary N) is 1. The zero-order valence-electron chi connectivity index (χ0n) is 10.5. The maximum Gasteiger partial charge on any atom is 0.000792 e. The van der Waals surface area contributed by atoms with Gasteiger partial charge in [0.2, 0.25) is 0 Å². The van der Waals surface area contributed by atoms with Gasteiger partial charge in [-0.3, -0.25) is 0 Å². The summed E-state index contributed by atoms with van der Waals surface area (Å²) in [5, 5.41) is 3.64. The van der Waals surface area contributed by atoms with Crippen molar-refractivity contribution < 1.29 is 0 Å². The lowest BCUT2D eigenvalue weighted by atomic mass is 10.00. The van der Waals surface area contributed by atoms with Crippen molar-refractivity contribution in [3.63, 3.8) is 0 Å². The minimum atomic E-state index is 0.697. The molecule has 0 aromatic carbocycles. The van der Waals surface area contributed by atoms with Gasteiger partial charge in [0.25, 0.3) is 0 Å². The van der Waals surface area contributed by atoms with Gasteiger partial charge in [-0.25, -0.2) is 0 Å². The Morgan fingerprint density at radius 3 is 2.67 bits per heavy atom. The van der Waals surface area contributed by atoms with Crippen LogP contribution in [0.1, 0.15) is 52.4 Å². The molecule has 0 bridgehead atoms. The van der Waals surface area contributed by atoms with Crippen LogP contribution in [0, 0.1) is 11.3 Å². The standard InChI is InChI=1S/C13H28N2/c1-3-6-13(7-8-13)11-15-10-12(2)5-4-9-14/h12,15H,3-11,14H2,1-2H3. The van der Waals surface area contributed by atoms with Crippen LogP contribution in [0.15, 0.2) is 0 Å². The Morgan fingerprint density at radius 1 is 1.40 bits per heavy atom. The molecule has 2 nitrogen and oxygen atoms in total. The van der Waals surface area contributed by atoms with E-state index in [2.05, 4.69) is 19.2 Å². The Morgan fingerprint density at radius 2 is 2.13 bits per heavy atom. The lowest BCUT2D eigenvalue weighted by Crippen LogP contribution is -2.28. The highest BCUT2D eigenvalue weighted by atomic mass is 14.9. The van der Waals surface area contributed by atoms with E-state index in [1.807, 2.05) is 0 Å². The van der Waals surface area contributed by atoms with Crippen molar-refractivity contribution in [2.75, 3.05) is 19.6 Å². The first kappa shape index (κ1) is 13.0. The van der Waals surface area contributed by atoms with Gasteiger partial charge in [-0.1, -0.05) is 20.3 Å². The predicted molar refractivity (Wildman–Crippen MR) is 66.9 cm³/mol. The molecule has 1 fully saturated rings. The number of hydrogen-bond acceptors (Lipinski definition) is 2. The van der Waals surface area contributed by atoms with Gasteiger partial charge in [0.1, 0.15) is 0 Å². The average Bonchev–Trinajstić information content (AvgIpc) is 2.96. The summed E-state index contributed by atoms with van der Waals surface area (Å²) in [5.74, 6) is 0.783. The summed E-state index contributed by atoms with van der Waals surface area (Å²) >= 11 is 0. The fraction of sp³-hybridized carbons (Fsp3) is 1.00. The number of nitrogens with one attached hydrogen (secondary N) is 1. The van der Waals surface area contributed by atoms with Crippen LogP contribution in [0.5, 0.6) is 0 Å². The first-order chi connectivity index (χ1) is 7.22. The van der Waals surface area contributed by atoms with Crippen molar-refractivity contribution in [3.8, 4) is 0 Å². The minimum Gasteiger partial charge on any atom is -0.330 e. The summed E-state index contributed by atoms with van der Waals surface area (Å²) in [5.41, 5.74) is 6.20. The predicted octanol–water partition coefficient (Wildman–Crippen LogP) is 2.53. The van der Waals surface area contributed by atoms with Crippen LogP contribution in [-0.4, -0.2) is 19.6 Å². The zero-order chi connectivity index (χ0) is 11.1. The quantitative estimate of drug-likeness (QED) is 0.616.